The second-order valence-electron chi connectivity index (χ2n) is 6.42. The Morgan fingerprint density at radius 2 is 2.10 bits per heavy atom. The molecular formula is C18H27NO2. The maximum atomic E-state index is 5.99. The quantitative estimate of drug-likeness (QED) is 0.900. The zero-order valence-electron chi connectivity index (χ0n) is 13.2. The van der Waals surface area contributed by atoms with Crippen molar-refractivity contribution < 1.29 is 9.47 Å². The molecule has 1 aromatic carbocycles. The molecule has 1 aliphatic heterocycles. The van der Waals surface area contributed by atoms with Crippen LogP contribution in [0.4, 0.5) is 0 Å². The molecular weight excluding hydrogens is 262 g/mol. The van der Waals surface area contributed by atoms with Crippen molar-refractivity contribution in [2.45, 2.75) is 56.1 Å². The molecule has 3 rings (SSSR count). The Labute approximate surface area is 128 Å². The van der Waals surface area contributed by atoms with Crippen LogP contribution in [0.2, 0.25) is 0 Å². The third kappa shape index (κ3) is 2.82. The first kappa shape index (κ1) is 14.9. The Balaban J connectivity index is 1.79. The molecule has 1 saturated carbocycles. The minimum atomic E-state index is 0.0298. The lowest BCUT2D eigenvalue weighted by molar-refractivity contribution is -0.0383. The minimum absolute atomic E-state index is 0.0298. The number of benzene rings is 1. The maximum Gasteiger partial charge on any atom is 0.122 e. The van der Waals surface area contributed by atoms with Gasteiger partial charge in [0.1, 0.15) is 5.75 Å². The predicted octanol–water partition coefficient (Wildman–Crippen LogP) is 3.49. The van der Waals surface area contributed by atoms with Crippen LogP contribution in [0.15, 0.2) is 24.3 Å². The first-order valence-corrected chi connectivity index (χ1v) is 8.23. The highest BCUT2D eigenvalue weighted by Crippen LogP contribution is 2.42. The van der Waals surface area contributed by atoms with Crippen molar-refractivity contribution in [2.75, 3.05) is 20.8 Å². The van der Waals surface area contributed by atoms with Crippen LogP contribution in [-0.2, 0) is 4.74 Å². The summed E-state index contributed by atoms with van der Waals surface area (Å²) in [7, 11) is 3.96. The van der Waals surface area contributed by atoms with Gasteiger partial charge >= 0.3 is 0 Å². The summed E-state index contributed by atoms with van der Waals surface area (Å²) in [6.07, 6.45) is 7.17. The van der Waals surface area contributed by atoms with Crippen molar-refractivity contribution in [3.63, 3.8) is 0 Å². The summed E-state index contributed by atoms with van der Waals surface area (Å²) in [6, 6.07) is 8.92. The number of fused-ring (bicyclic) bond motifs is 1. The van der Waals surface area contributed by atoms with Gasteiger partial charge < -0.3 is 14.8 Å². The molecule has 0 aromatic heterocycles. The largest absolute Gasteiger partial charge is 0.493 e. The Morgan fingerprint density at radius 3 is 2.81 bits per heavy atom. The van der Waals surface area contributed by atoms with Crippen molar-refractivity contribution >= 4 is 0 Å². The lowest BCUT2D eigenvalue weighted by Gasteiger charge is -2.39. The van der Waals surface area contributed by atoms with Crippen molar-refractivity contribution in [1.82, 2.24) is 5.32 Å². The highest BCUT2D eigenvalue weighted by atomic mass is 16.5. The van der Waals surface area contributed by atoms with E-state index < -0.39 is 0 Å². The summed E-state index contributed by atoms with van der Waals surface area (Å²) in [4.78, 5) is 0. The van der Waals surface area contributed by atoms with Crippen LogP contribution in [0.1, 0.15) is 50.0 Å². The van der Waals surface area contributed by atoms with E-state index in [0.717, 1.165) is 25.2 Å². The van der Waals surface area contributed by atoms with Gasteiger partial charge in [-0.25, -0.2) is 0 Å². The predicted molar refractivity (Wildman–Crippen MR) is 85.0 cm³/mol. The molecule has 21 heavy (non-hydrogen) atoms. The summed E-state index contributed by atoms with van der Waals surface area (Å²) >= 11 is 0. The standard InChI is InChI=1S/C18H27NO2/c1-19-17(18(20-2)10-5-6-11-18)13-14-9-12-21-16-8-4-3-7-15(14)16/h3-4,7-8,14,17,19H,5-6,9-13H2,1-2H3. The monoisotopic (exact) mass is 289 g/mol. The van der Waals surface area contributed by atoms with Crippen LogP contribution in [0, 0.1) is 0 Å². The lowest BCUT2D eigenvalue weighted by Crippen LogP contribution is -2.50. The zero-order valence-corrected chi connectivity index (χ0v) is 13.2. The summed E-state index contributed by atoms with van der Waals surface area (Å²) in [5, 5.41) is 3.55. The number of likely N-dealkylation sites (N-methyl/N-ethyl adjacent to an activating group) is 1. The van der Waals surface area contributed by atoms with Crippen LogP contribution in [0.25, 0.3) is 0 Å². The number of methoxy groups -OCH3 is 1. The molecule has 1 heterocycles. The van der Waals surface area contributed by atoms with E-state index in [1.165, 1.54) is 31.2 Å². The highest BCUT2D eigenvalue weighted by Gasteiger charge is 2.42. The number of para-hydroxylation sites is 1. The van der Waals surface area contributed by atoms with Gasteiger partial charge in [-0.2, -0.15) is 0 Å². The molecule has 0 saturated heterocycles. The maximum absolute atomic E-state index is 5.99. The van der Waals surface area contributed by atoms with Crippen LogP contribution in [0.5, 0.6) is 5.75 Å². The number of hydrogen-bond donors (Lipinski definition) is 1. The van der Waals surface area contributed by atoms with Gasteiger partial charge in [0.05, 0.1) is 12.2 Å². The molecule has 1 fully saturated rings. The van der Waals surface area contributed by atoms with E-state index >= 15 is 0 Å². The fraction of sp³-hybridized carbons (Fsp3) is 0.667. The molecule has 2 unspecified atom stereocenters. The molecule has 2 atom stereocenters. The average molecular weight is 289 g/mol. The lowest BCUT2D eigenvalue weighted by atomic mass is 9.80. The molecule has 0 amide bonds. The van der Waals surface area contributed by atoms with E-state index in [9.17, 15) is 0 Å². The van der Waals surface area contributed by atoms with E-state index in [4.69, 9.17) is 9.47 Å². The average Bonchev–Trinajstić information content (AvgIpc) is 3.02. The smallest absolute Gasteiger partial charge is 0.122 e. The van der Waals surface area contributed by atoms with E-state index in [0.29, 0.717) is 12.0 Å². The fourth-order valence-corrected chi connectivity index (χ4v) is 4.21. The van der Waals surface area contributed by atoms with Gasteiger partial charge in [0.15, 0.2) is 0 Å². The van der Waals surface area contributed by atoms with E-state index in [2.05, 4.69) is 36.6 Å². The van der Waals surface area contributed by atoms with Crippen molar-refractivity contribution in [2.24, 2.45) is 0 Å². The number of ether oxygens (including phenoxy) is 2. The van der Waals surface area contributed by atoms with Crippen LogP contribution in [-0.4, -0.2) is 32.4 Å². The van der Waals surface area contributed by atoms with Crippen LogP contribution in [0.3, 0.4) is 0 Å². The Morgan fingerprint density at radius 1 is 1.33 bits per heavy atom. The summed E-state index contributed by atoms with van der Waals surface area (Å²) < 4.78 is 11.8. The SMILES string of the molecule is CNC(CC1CCOc2ccccc21)C1(OC)CCCC1. The molecule has 0 radical (unpaired) electrons. The summed E-state index contributed by atoms with van der Waals surface area (Å²) in [5.41, 5.74) is 1.40. The van der Waals surface area contributed by atoms with Crippen molar-refractivity contribution in [3.8, 4) is 5.75 Å². The Kier molecular flexibility index (Phi) is 4.51. The van der Waals surface area contributed by atoms with Gasteiger partial charge in [0.25, 0.3) is 0 Å². The van der Waals surface area contributed by atoms with Crippen LogP contribution < -0.4 is 10.1 Å². The molecule has 0 spiro atoms. The van der Waals surface area contributed by atoms with Gasteiger partial charge in [0.2, 0.25) is 0 Å². The van der Waals surface area contributed by atoms with Crippen LogP contribution >= 0.6 is 0 Å². The van der Waals surface area contributed by atoms with Gasteiger partial charge in [-0.1, -0.05) is 31.0 Å². The fourth-order valence-electron chi connectivity index (χ4n) is 4.21. The first-order chi connectivity index (χ1) is 10.3. The molecule has 1 aliphatic carbocycles. The number of hydrogen-bond acceptors (Lipinski definition) is 3. The molecule has 3 heteroatoms. The summed E-state index contributed by atoms with van der Waals surface area (Å²) in [5.74, 6) is 1.64. The molecule has 1 N–H and O–H groups in total. The molecule has 0 bridgehead atoms. The third-order valence-corrected chi connectivity index (χ3v) is 5.44. The van der Waals surface area contributed by atoms with Gasteiger partial charge in [0, 0.05) is 13.2 Å². The van der Waals surface area contributed by atoms with Gasteiger partial charge in [-0.05, 0) is 50.3 Å². The third-order valence-electron chi connectivity index (χ3n) is 5.44. The molecule has 1 aromatic rings. The second-order valence-corrected chi connectivity index (χ2v) is 6.42. The first-order valence-electron chi connectivity index (χ1n) is 8.23. The minimum Gasteiger partial charge on any atom is -0.493 e. The van der Waals surface area contributed by atoms with Gasteiger partial charge in [-0.3, -0.25) is 0 Å². The Bertz CT molecular complexity index is 468. The van der Waals surface area contributed by atoms with Gasteiger partial charge in [-0.15, -0.1) is 0 Å². The number of rotatable bonds is 5. The second kappa shape index (κ2) is 6.37. The highest BCUT2D eigenvalue weighted by molar-refractivity contribution is 5.38. The number of nitrogens with one attached hydrogen (secondary N) is 1. The normalized spacial score (nSPS) is 25.1. The summed E-state index contributed by atoms with van der Waals surface area (Å²) in [6.45, 7) is 0.831. The molecule has 3 nitrogen and oxygen atoms in total. The Hall–Kier alpha value is -1.06. The van der Waals surface area contributed by atoms with Crippen molar-refractivity contribution in [3.05, 3.63) is 29.8 Å². The molecule has 2 aliphatic rings. The topological polar surface area (TPSA) is 30.5 Å². The molecule has 116 valence electrons. The van der Waals surface area contributed by atoms with E-state index in [1.54, 1.807) is 0 Å². The van der Waals surface area contributed by atoms with Crippen molar-refractivity contribution in [1.29, 1.82) is 0 Å². The van der Waals surface area contributed by atoms with E-state index in [1.807, 2.05) is 7.11 Å². The van der Waals surface area contributed by atoms with E-state index in [-0.39, 0.29) is 5.60 Å². The zero-order chi connectivity index (χ0) is 14.7.